The molecule has 0 spiro atoms. The highest BCUT2D eigenvalue weighted by atomic mass is 35.5. The third-order valence-electron chi connectivity index (χ3n) is 2.57. The van der Waals surface area contributed by atoms with Crippen molar-refractivity contribution in [1.29, 1.82) is 5.41 Å². The van der Waals surface area contributed by atoms with Crippen LogP contribution in [0.1, 0.15) is 11.1 Å². The van der Waals surface area contributed by atoms with Gasteiger partial charge < -0.3 is 5.73 Å². The number of halogens is 3. The predicted molar refractivity (Wildman–Crippen MR) is 83.4 cm³/mol. The Morgan fingerprint density at radius 3 is 2.55 bits per heavy atom. The van der Waals surface area contributed by atoms with Crippen LogP contribution in [0.4, 0.5) is 4.39 Å². The monoisotopic (exact) mass is 328 g/mol. The van der Waals surface area contributed by atoms with Gasteiger partial charge in [-0.3, -0.25) is 5.41 Å². The summed E-state index contributed by atoms with van der Waals surface area (Å²) < 4.78 is 13.4. The Balaban J connectivity index is 2.14. The highest BCUT2D eigenvalue weighted by Gasteiger charge is 2.05. The Hall–Kier alpha value is -1.23. The molecule has 3 N–H and O–H groups in total. The van der Waals surface area contributed by atoms with E-state index in [1.807, 2.05) is 6.07 Å². The number of nitrogens with one attached hydrogen (secondary N) is 1. The summed E-state index contributed by atoms with van der Waals surface area (Å²) in [5, 5.41) is 8.34. The lowest BCUT2D eigenvalue weighted by atomic mass is 10.1. The Bertz CT molecular complexity index is 662. The van der Waals surface area contributed by atoms with E-state index in [9.17, 15) is 4.39 Å². The summed E-state index contributed by atoms with van der Waals surface area (Å²) in [4.78, 5) is 0.938. The van der Waals surface area contributed by atoms with Gasteiger partial charge in [-0.05, 0) is 42.0 Å². The van der Waals surface area contributed by atoms with Crippen LogP contribution >= 0.6 is 35.0 Å². The van der Waals surface area contributed by atoms with Crippen molar-refractivity contribution < 1.29 is 4.39 Å². The van der Waals surface area contributed by atoms with E-state index in [2.05, 4.69) is 0 Å². The normalized spacial score (nSPS) is 10.6. The topological polar surface area (TPSA) is 49.9 Å². The minimum absolute atomic E-state index is 0.148. The molecule has 0 saturated heterocycles. The number of thioether (sulfide) groups is 1. The van der Waals surface area contributed by atoms with Crippen molar-refractivity contribution >= 4 is 40.8 Å². The van der Waals surface area contributed by atoms with Gasteiger partial charge in [0.2, 0.25) is 0 Å². The molecule has 0 radical (unpaired) electrons. The Morgan fingerprint density at radius 2 is 1.90 bits per heavy atom. The van der Waals surface area contributed by atoms with Crippen molar-refractivity contribution in [2.45, 2.75) is 10.6 Å². The first-order valence-electron chi connectivity index (χ1n) is 5.67. The fourth-order valence-corrected chi connectivity index (χ4v) is 2.85. The smallest absolute Gasteiger partial charge is 0.124 e. The van der Waals surface area contributed by atoms with Crippen LogP contribution in [0.15, 0.2) is 41.3 Å². The highest BCUT2D eigenvalue weighted by molar-refractivity contribution is 7.98. The lowest BCUT2D eigenvalue weighted by molar-refractivity contribution is 0.626. The lowest BCUT2D eigenvalue weighted by Crippen LogP contribution is -2.11. The second kappa shape index (κ2) is 6.48. The van der Waals surface area contributed by atoms with Gasteiger partial charge in [-0.25, -0.2) is 4.39 Å². The zero-order chi connectivity index (χ0) is 14.7. The van der Waals surface area contributed by atoms with Gasteiger partial charge in [0.25, 0.3) is 0 Å². The number of rotatable bonds is 4. The number of benzene rings is 2. The van der Waals surface area contributed by atoms with Crippen LogP contribution in [-0.2, 0) is 5.75 Å². The molecule has 6 heteroatoms. The van der Waals surface area contributed by atoms with E-state index < -0.39 is 5.82 Å². The van der Waals surface area contributed by atoms with E-state index in [-0.39, 0.29) is 5.84 Å². The van der Waals surface area contributed by atoms with E-state index in [4.69, 9.17) is 34.3 Å². The maximum absolute atomic E-state index is 13.4. The van der Waals surface area contributed by atoms with Gasteiger partial charge in [0, 0.05) is 16.2 Å². The maximum atomic E-state index is 13.4. The van der Waals surface area contributed by atoms with Crippen LogP contribution in [0.3, 0.4) is 0 Å². The van der Waals surface area contributed by atoms with E-state index in [0.29, 0.717) is 21.4 Å². The number of hydrogen-bond acceptors (Lipinski definition) is 2. The zero-order valence-electron chi connectivity index (χ0n) is 10.3. The molecule has 0 amide bonds. The summed E-state index contributed by atoms with van der Waals surface area (Å²) in [5.74, 6) is 0.00319. The fraction of sp³-hybridized carbons (Fsp3) is 0.0714. The van der Waals surface area contributed by atoms with Crippen LogP contribution < -0.4 is 5.73 Å². The number of hydrogen-bond donors (Lipinski definition) is 2. The molecule has 0 atom stereocenters. The zero-order valence-corrected chi connectivity index (χ0v) is 12.6. The van der Waals surface area contributed by atoms with E-state index in [0.717, 1.165) is 10.5 Å². The number of nitrogens with two attached hydrogens (primary N) is 1. The Labute approximate surface area is 130 Å². The van der Waals surface area contributed by atoms with E-state index in [1.165, 1.54) is 23.9 Å². The number of amidine groups is 1. The molecule has 2 nitrogen and oxygen atoms in total. The van der Waals surface area contributed by atoms with Crippen molar-refractivity contribution in [3.05, 3.63) is 63.4 Å². The first kappa shape index (κ1) is 15.2. The minimum atomic E-state index is -0.401. The summed E-state index contributed by atoms with van der Waals surface area (Å²) in [7, 11) is 0. The van der Waals surface area contributed by atoms with Crippen molar-refractivity contribution in [2.75, 3.05) is 0 Å². The van der Waals surface area contributed by atoms with E-state index >= 15 is 0 Å². The molecule has 0 aliphatic rings. The Morgan fingerprint density at radius 1 is 1.15 bits per heavy atom. The molecule has 0 aliphatic heterocycles. The van der Waals surface area contributed by atoms with Crippen LogP contribution in [0.5, 0.6) is 0 Å². The van der Waals surface area contributed by atoms with Crippen LogP contribution in [0.2, 0.25) is 10.0 Å². The summed E-state index contributed by atoms with van der Waals surface area (Å²) >= 11 is 13.3. The van der Waals surface area contributed by atoms with E-state index in [1.54, 1.807) is 18.2 Å². The van der Waals surface area contributed by atoms with Crippen molar-refractivity contribution in [1.82, 2.24) is 0 Å². The molecular formula is C14H11Cl2FN2S. The molecule has 20 heavy (non-hydrogen) atoms. The summed E-state index contributed by atoms with van der Waals surface area (Å²) in [5.41, 5.74) is 6.51. The average molecular weight is 329 g/mol. The van der Waals surface area contributed by atoms with Crippen molar-refractivity contribution in [2.24, 2.45) is 5.73 Å². The second-order valence-electron chi connectivity index (χ2n) is 4.13. The van der Waals surface area contributed by atoms with Gasteiger partial charge in [-0.15, -0.1) is 11.8 Å². The molecule has 0 aliphatic carbocycles. The molecule has 0 aromatic heterocycles. The molecule has 0 heterocycles. The summed E-state index contributed by atoms with van der Waals surface area (Å²) in [6.45, 7) is 0. The molecule has 0 saturated carbocycles. The first-order chi connectivity index (χ1) is 9.45. The van der Waals surface area contributed by atoms with Gasteiger partial charge in [-0.2, -0.15) is 0 Å². The molecule has 2 aromatic carbocycles. The lowest BCUT2D eigenvalue weighted by Gasteiger charge is -2.06. The second-order valence-corrected chi connectivity index (χ2v) is 5.99. The predicted octanol–water partition coefficient (Wildman–Crippen LogP) is 4.71. The summed E-state index contributed by atoms with van der Waals surface area (Å²) in [6, 6.07) is 9.71. The molecule has 2 rings (SSSR count). The highest BCUT2D eigenvalue weighted by Crippen LogP contribution is 2.30. The van der Waals surface area contributed by atoms with Gasteiger partial charge in [0.1, 0.15) is 11.7 Å². The molecule has 2 aromatic rings. The SMILES string of the molecule is N=C(N)c1cc(F)cc(CSc2ccc(Cl)c(Cl)c2)c1. The van der Waals surface area contributed by atoms with Gasteiger partial charge in [0.05, 0.1) is 10.0 Å². The van der Waals surface area contributed by atoms with Gasteiger partial charge >= 0.3 is 0 Å². The standard InChI is InChI=1S/C14H11Cl2FN2S/c15-12-2-1-11(6-13(12)16)20-7-8-3-9(14(18)19)5-10(17)4-8/h1-6H,7H2,(H3,18,19). The van der Waals surface area contributed by atoms with Crippen LogP contribution in [-0.4, -0.2) is 5.84 Å². The molecule has 0 fully saturated rings. The largest absolute Gasteiger partial charge is 0.384 e. The Kier molecular flexibility index (Phi) is 4.91. The quantitative estimate of drug-likeness (QED) is 0.485. The van der Waals surface area contributed by atoms with Crippen LogP contribution in [0.25, 0.3) is 0 Å². The van der Waals surface area contributed by atoms with Crippen LogP contribution in [0, 0.1) is 11.2 Å². The molecule has 0 bridgehead atoms. The van der Waals surface area contributed by atoms with Crippen molar-refractivity contribution in [3.8, 4) is 0 Å². The molecule has 0 unspecified atom stereocenters. The van der Waals surface area contributed by atoms with Gasteiger partial charge in [0.15, 0.2) is 0 Å². The van der Waals surface area contributed by atoms with Gasteiger partial charge in [-0.1, -0.05) is 23.2 Å². The molecule has 104 valence electrons. The first-order valence-corrected chi connectivity index (χ1v) is 7.41. The molecular weight excluding hydrogens is 318 g/mol. The fourth-order valence-electron chi connectivity index (χ4n) is 1.62. The minimum Gasteiger partial charge on any atom is -0.384 e. The van der Waals surface area contributed by atoms with Crippen molar-refractivity contribution in [3.63, 3.8) is 0 Å². The third kappa shape index (κ3) is 3.88. The maximum Gasteiger partial charge on any atom is 0.124 e. The average Bonchev–Trinajstić information content (AvgIpc) is 2.39. The third-order valence-corrected chi connectivity index (χ3v) is 4.37. The number of nitrogen functional groups attached to an aromatic ring is 1. The summed E-state index contributed by atoms with van der Waals surface area (Å²) in [6.07, 6.45) is 0.